The molecular formula is C12H19ClN2O2. The molecule has 17 heavy (non-hydrogen) atoms. The molecule has 0 radical (unpaired) electrons. The van der Waals surface area contributed by atoms with Crippen LogP contribution in [0.4, 0.5) is 0 Å². The number of aliphatic hydroxyl groups excluding tert-OH is 1. The third-order valence-electron chi connectivity index (χ3n) is 2.68. The Bertz CT molecular complexity index is 372. The number of ether oxygens (including phenoxy) is 1. The van der Waals surface area contributed by atoms with Gasteiger partial charge in [0.1, 0.15) is 5.75 Å². The van der Waals surface area contributed by atoms with Crippen molar-refractivity contribution < 1.29 is 9.84 Å². The number of methoxy groups -OCH3 is 1. The van der Waals surface area contributed by atoms with Crippen LogP contribution < -0.4 is 10.5 Å². The Morgan fingerprint density at radius 2 is 2.12 bits per heavy atom. The van der Waals surface area contributed by atoms with Gasteiger partial charge in [0.05, 0.1) is 24.3 Å². The van der Waals surface area contributed by atoms with E-state index in [9.17, 15) is 5.11 Å². The van der Waals surface area contributed by atoms with Gasteiger partial charge >= 0.3 is 0 Å². The number of nitrogens with zero attached hydrogens (tertiary/aromatic N) is 1. The largest absolute Gasteiger partial charge is 0.495 e. The smallest absolute Gasteiger partial charge is 0.137 e. The number of hydrogen-bond acceptors (Lipinski definition) is 4. The molecule has 96 valence electrons. The Hall–Kier alpha value is -0.810. The van der Waals surface area contributed by atoms with Crippen molar-refractivity contribution in [3.05, 3.63) is 28.8 Å². The number of hydrogen-bond donors (Lipinski definition) is 2. The molecule has 0 saturated heterocycles. The van der Waals surface area contributed by atoms with E-state index in [0.29, 0.717) is 10.8 Å². The van der Waals surface area contributed by atoms with Crippen molar-refractivity contribution in [2.45, 2.75) is 12.1 Å². The fourth-order valence-electron chi connectivity index (χ4n) is 1.86. The first-order chi connectivity index (χ1) is 8.01. The number of halogens is 1. The monoisotopic (exact) mass is 258 g/mol. The number of nitrogens with two attached hydrogens (primary N) is 1. The van der Waals surface area contributed by atoms with Gasteiger partial charge in [-0.15, -0.1) is 0 Å². The topological polar surface area (TPSA) is 58.7 Å². The molecule has 0 aliphatic heterocycles. The molecule has 4 nitrogen and oxygen atoms in total. The van der Waals surface area contributed by atoms with E-state index in [1.165, 1.54) is 0 Å². The Balaban J connectivity index is 3.07. The fourth-order valence-corrected chi connectivity index (χ4v) is 2.13. The molecule has 3 N–H and O–H groups in total. The van der Waals surface area contributed by atoms with E-state index in [1.54, 1.807) is 19.2 Å². The van der Waals surface area contributed by atoms with E-state index in [-0.39, 0.29) is 12.6 Å². The summed E-state index contributed by atoms with van der Waals surface area (Å²) in [5.41, 5.74) is 6.42. The van der Waals surface area contributed by atoms with Crippen LogP contribution in [-0.4, -0.2) is 43.9 Å². The summed E-state index contributed by atoms with van der Waals surface area (Å²) < 4.78 is 5.09. The van der Waals surface area contributed by atoms with Crippen LogP contribution in [0.1, 0.15) is 11.6 Å². The van der Waals surface area contributed by atoms with Crippen LogP contribution in [0.3, 0.4) is 0 Å². The van der Waals surface area contributed by atoms with Crippen LogP contribution >= 0.6 is 11.6 Å². The second-order valence-electron chi connectivity index (χ2n) is 4.11. The molecule has 0 aliphatic rings. The van der Waals surface area contributed by atoms with E-state index in [1.807, 2.05) is 25.1 Å². The van der Waals surface area contributed by atoms with Crippen LogP contribution in [0.2, 0.25) is 5.02 Å². The second kappa shape index (κ2) is 6.21. The van der Waals surface area contributed by atoms with E-state index < -0.39 is 6.10 Å². The molecule has 0 fully saturated rings. The Labute approximate surface area is 107 Å². The Morgan fingerprint density at radius 3 is 2.53 bits per heavy atom. The standard InChI is InChI=1S/C12H19ClN2O2/c1-15(2)12(10(16)7-14)8-4-5-11(17-3)9(13)6-8/h4-6,10,12,16H,7,14H2,1-3H3. The maximum Gasteiger partial charge on any atom is 0.137 e. The highest BCUT2D eigenvalue weighted by molar-refractivity contribution is 6.32. The van der Waals surface area contributed by atoms with Crippen molar-refractivity contribution in [1.29, 1.82) is 0 Å². The highest BCUT2D eigenvalue weighted by Crippen LogP contribution is 2.30. The summed E-state index contributed by atoms with van der Waals surface area (Å²) in [6, 6.07) is 5.29. The fraction of sp³-hybridized carbons (Fsp3) is 0.500. The second-order valence-corrected chi connectivity index (χ2v) is 4.51. The number of aliphatic hydroxyl groups is 1. The third kappa shape index (κ3) is 3.33. The zero-order valence-corrected chi connectivity index (χ0v) is 11.1. The van der Waals surface area contributed by atoms with Crippen LogP contribution in [-0.2, 0) is 0 Å². The number of likely N-dealkylation sites (N-methyl/N-ethyl adjacent to an activating group) is 1. The molecule has 0 heterocycles. The van der Waals surface area contributed by atoms with E-state index in [4.69, 9.17) is 22.1 Å². The van der Waals surface area contributed by atoms with Crippen molar-refractivity contribution in [3.8, 4) is 5.75 Å². The average molecular weight is 259 g/mol. The molecule has 0 aliphatic carbocycles. The van der Waals surface area contributed by atoms with Crippen LogP contribution in [0.25, 0.3) is 0 Å². The summed E-state index contributed by atoms with van der Waals surface area (Å²) in [4.78, 5) is 1.91. The average Bonchev–Trinajstić information content (AvgIpc) is 2.28. The quantitative estimate of drug-likeness (QED) is 0.835. The number of rotatable bonds is 5. The maximum absolute atomic E-state index is 9.92. The minimum absolute atomic E-state index is 0.177. The molecule has 1 aromatic carbocycles. The van der Waals surface area contributed by atoms with Gasteiger partial charge in [-0.25, -0.2) is 0 Å². The minimum atomic E-state index is -0.630. The van der Waals surface area contributed by atoms with Gasteiger partial charge < -0.3 is 20.5 Å². The van der Waals surface area contributed by atoms with Crippen molar-refractivity contribution in [2.24, 2.45) is 5.73 Å². The van der Waals surface area contributed by atoms with Gasteiger partial charge in [-0.2, -0.15) is 0 Å². The van der Waals surface area contributed by atoms with Crippen molar-refractivity contribution in [2.75, 3.05) is 27.7 Å². The summed E-state index contributed by atoms with van der Waals surface area (Å²) in [6.07, 6.45) is -0.630. The van der Waals surface area contributed by atoms with Crippen molar-refractivity contribution in [1.82, 2.24) is 4.90 Å². The highest BCUT2D eigenvalue weighted by Gasteiger charge is 2.22. The molecule has 0 spiro atoms. The highest BCUT2D eigenvalue weighted by atomic mass is 35.5. The first-order valence-corrected chi connectivity index (χ1v) is 5.77. The summed E-state index contributed by atoms with van der Waals surface area (Å²) in [5.74, 6) is 0.621. The molecule has 0 bridgehead atoms. The summed E-state index contributed by atoms with van der Waals surface area (Å²) >= 11 is 6.07. The molecule has 2 atom stereocenters. The molecular weight excluding hydrogens is 240 g/mol. The molecule has 1 rings (SSSR count). The Kier molecular flexibility index (Phi) is 5.21. The summed E-state index contributed by atoms with van der Waals surface area (Å²) in [6.45, 7) is 0.201. The Morgan fingerprint density at radius 1 is 1.47 bits per heavy atom. The first kappa shape index (κ1) is 14.3. The van der Waals surface area contributed by atoms with Gasteiger partial charge in [0.15, 0.2) is 0 Å². The van der Waals surface area contributed by atoms with Gasteiger partial charge in [-0.1, -0.05) is 17.7 Å². The summed E-state index contributed by atoms with van der Waals surface area (Å²) in [7, 11) is 5.35. The van der Waals surface area contributed by atoms with Gasteiger partial charge in [-0.05, 0) is 31.8 Å². The molecule has 0 amide bonds. The van der Waals surface area contributed by atoms with Gasteiger partial charge in [-0.3, -0.25) is 0 Å². The zero-order chi connectivity index (χ0) is 13.0. The van der Waals surface area contributed by atoms with E-state index in [2.05, 4.69) is 0 Å². The molecule has 0 saturated carbocycles. The van der Waals surface area contributed by atoms with Gasteiger partial charge in [0, 0.05) is 6.54 Å². The van der Waals surface area contributed by atoms with Crippen molar-refractivity contribution >= 4 is 11.6 Å². The molecule has 2 unspecified atom stereocenters. The van der Waals surface area contributed by atoms with E-state index in [0.717, 1.165) is 5.56 Å². The van der Waals surface area contributed by atoms with Crippen LogP contribution in [0.5, 0.6) is 5.75 Å². The van der Waals surface area contributed by atoms with Crippen LogP contribution in [0, 0.1) is 0 Å². The third-order valence-corrected chi connectivity index (χ3v) is 2.98. The lowest BCUT2D eigenvalue weighted by Crippen LogP contribution is -2.36. The maximum atomic E-state index is 9.92. The van der Waals surface area contributed by atoms with Gasteiger partial charge in [0.2, 0.25) is 0 Å². The number of benzene rings is 1. The zero-order valence-electron chi connectivity index (χ0n) is 10.4. The SMILES string of the molecule is COc1ccc(C(C(O)CN)N(C)C)cc1Cl. The van der Waals surface area contributed by atoms with Crippen LogP contribution in [0.15, 0.2) is 18.2 Å². The summed E-state index contributed by atoms with van der Waals surface area (Å²) in [5, 5.41) is 10.4. The molecule has 0 aromatic heterocycles. The first-order valence-electron chi connectivity index (χ1n) is 5.39. The molecule has 5 heteroatoms. The lowest BCUT2D eigenvalue weighted by Gasteiger charge is -2.29. The lowest BCUT2D eigenvalue weighted by molar-refractivity contribution is 0.0823. The lowest BCUT2D eigenvalue weighted by atomic mass is 10.0. The van der Waals surface area contributed by atoms with Gasteiger partial charge in [0.25, 0.3) is 0 Å². The van der Waals surface area contributed by atoms with E-state index >= 15 is 0 Å². The minimum Gasteiger partial charge on any atom is -0.495 e. The molecule has 1 aromatic rings. The predicted octanol–water partition coefficient (Wildman–Crippen LogP) is 1.27. The normalized spacial score (nSPS) is 14.8. The van der Waals surface area contributed by atoms with Crippen molar-refractivity contribution in [3.63, 3.8) is 0 Å². The predicted molar refractivity (Wildman–Crippen MR) is 69.5 cm³/mol.